The summed E-state index contributed by atoms with van der Waals surface area (Å²) in [4.78, 5) is 11.2. The molecule has 1 saturated heterocycles. The summed E-state index contributed by atoms with van der Waals surface area (Å²) < 4.78 is 30.8. The lowest BCUT2D eigenvalue weighted by Gasteiger charge is -2.46. The van der Waals surface area contributed by atoms with Crippen molar-refractivity contribution < 1.29 is 38.7 Å². The second-order valence-corrected chi connectivity index (χ2v) is 8.53. The molecule has 33 heavy (non-hydrogen) atoms. The van der Waals surface area contributed by atoms with Crippen LogP contribution in [-0.4, -0.2) is 65.1 Å². The molecule has 3 rings (SSSR count). The van der Waals surface area contributed by atoms with E-state index in [2.05, 4.69) is 5.32 Å². The highest BCUT2D eigenvalue weighted by Gasteiger charge is 2.50. The number of nitrogens with one attached hydrogen (secondary N) is 1. The minimum Gasteiger partial charge on any atom is -0.504 e. The molecule has 180 valence electrons. The quantitative estimate of drug-likeness (QED) is 0.497. The Morgan fingerprint density at radius 1 is 1.21 bits per heavy atom. The van der Waals surface area contributed by atoms with Crippen LogP contribution in [0, 0.1) is 5.82 Å². The Kier molecular flexibility index (Phi) is 7.58. The lowest BCUT2D eigenvalue weighted by molar-refractivity contribution is -0.306. The van der Waals surface area contributed by atoms with Crippen molar-refractivity contribution in [3.8, 4) is 22.6 Å². The molecular weight excluding hydrogens is 433 g/mol. The van der Waals surface area contributed by atoms with Crippen LogP contribution in [0.2, 0.25) is 0 Å². The van der Waals surface area contributed by atoms with E-state index in [1.165, 1.54) is 38.3 Å². The number of phenolic OH excluding ortho intramolecular Hbond substituents is 1. The first kappa shape index (κ1) is 24.9. The fourth-order valence-electron chi connectivity index (χ4n) is 4.09. The van der Waals surface area contributed by atoms with Gasteiger partial charge in [0, 0.05) is 26.1 Å². The molecule has 4 N–H and O–H groups in total. The molecule has 4 atom stereocenters. The van der Waals surface area contributed by atoms with Gasteiger partial charge in [0.1, 0.15) is 24.1 Å². The number of aliphatic hydroxyl groups excluding tert-OH is 2. The van der Waals surface area contributed by atoms with Gasteiger partial charge < -0.3 is 34.8 Å². The Hall–Kier alpha value is -2.72. The van der Waals surface area contributed by atoms with Gasteiger partial charge in [0.15, 0.2) is 11.5 Å². The van der Waals surface area contributed by atoms with Gasteiger partial charge in [-0.1, -0.05) is 18.2 Å². The van der Waals surface area contributed by atoms with Crippen LogP contribution in [0.1, 0.15) is 26.3 Å². The predicted molar refractivity (Wildman–Crippen MR) is 118 cm³/mol. The number of rotatable bonds is 7. The summed E-state index contributed by atoms with van der Waals surface area (Å²) in [6, 6.07) is 8.92. The second-order valence-electron chi connectivity index (χ2n) is 8.53. The zero-order valence-corrected chi connectivity index (χ0v) is 19.0. The molecule has 0 aliphatic carbocycles. The van der Waals surface area contributed by atoms with Crippen LogP contribution in [0.15, 0.2) is 36.4 Å². The van der Waals surface area contributed by atoms with Crippen LogP contribution >= 0.6 is 0 Å². The average Bonchev–Trinajstić information content (AvgIpc) is 2.73. The van der Waals surface area contributed by atoms with Crippen molar-refractivity contribution in [3.63, 3.8) is 0 Å². The zero-order chi connectivity index (χ0) is 24.3. The van der Waals surface area contributed by atoms with Crippen molar-refractivity contribution in [2.24, 2.45) is 0 Å². The van der Waals surface area contributed by atoms with Crippen LogP contribution in [0.25, 0.3) is 11.1 Å². The Bertz CT molecular complexity index is 997. The van der Waals surface area contributed by atoms with Crippen molar-refractivity contribution in [1.82, 2.24) is 5.32 Å². The van der Waals surface area contributed by atoms with Crippen LogP contribution in [-0.2, 0) is 20.7 Å². The van der Waals surface area contributed by atoms with Crippen molar-refractivity contribution >= 4 is 5.91 Å². The maximum Gasteiger partial charge on any atom is 0.229 e. The highest BCUT2D eigenvalue weighted by Crippen LogP contribution is 2.42. The largest absolute Gasteiger partial charge is 0.504 e. The maximum absolute atomic E-state index is 13.9. The number of hydrogen-bond donors (Lipinski definition) is 4. The predicted octanol–water partition coefficient (Wildman–Crippen LogP) is 2.13. The number of halogens is 1. The molecule has 2 aromatic rings. The first-order valence-corrected chi connectivity index (χ1v) is 10.6. The number of aliphatic hydroxyl groups is 2. The van der Waals surface area contributed by atoms with E-state index in [1.54, 1.807) is 26.0 Å². The van der Waals surface area contributed by atoms with E-state index in [9.17, 15) is 24.5 Å². The molecule has 0 spiro atoms. The normalized spacial score (nSPS) is 24.3. The smallest absolute Gasteiger partial charge is 0.229 e. The maximum atomic E-state index is 13.9. The van der Waals surface area contributed by atoms with Gasteiger partial charge in [-0.05, 0) is 49.6 Å². The fourth-order valence-corrected chi connectivity index (χ4v) is 4.09. The summed E-state index contributed by atoms with van der Waals surface area (Å²) in [5, 5.41) is 34.8. The first-order valence-electron chi connectivity index (χ1n) is 10.6. The lowest BCUT2D eigenvalue weighted by Crippen LogP contribution is -2.63. The van der Waals surface area contributed by atoms with Crippen LogP contribution in [0.5, 0.6) is 11.5 Å². The number of carbonyl (C=O) groups excluding carboxylic acids is 1. The van der Waals surface area contributed by atoms with Crippen molar-refractivity contribution in [1.29, 1.82) is 0 Å². The monoisotopic (exact) mass is 463 g/mol. The minimum absolute atomic E-state index is 0.0135. The van der Waals surface area contributed by atoms with Crippen LogP contribution in [0.4, 0.5) is 4.39 Å². The van der Waals surface area contributed by atoms with E-state index in [0.29, 0.717) is 29.7 Å². The van der Waals surface area contributed by atoms with E-state index in [4.69, 9.17) is 14.2 Å². The second kappa shape index (κ2) is 10.0. The Morgan fingerprint density at radius 3 is 2.58 bits per heavy atom. The molecule has 1 aliphatic rings. The molecule has 8 nitrogen and oxygen atoms in total. The molecule has 0 radical (unpaired) electrons. The van der Waals surface area contributed by atoms with Crippen molar-refractivity contribution in [2.45, 2.75) is 57.4 Å². The highest BCUT2D eigenvalue weighted by molar-refractivity contribution is 5.77. The van der Waals surface area contributed by atoms with Crippen molar-refractivity contribution in [3.05, 3.63) is 47.8 Å². The number of aromatic hydroxyl groups is 1. The molecular formula is C24H30FNO7. The molecule has 1 unspecified atom stereocenters. The van der Waals surface area contributed by atoms with Gasteiger partial charge in [0.05, 0.1) is 5.60 Å². The van der Waals surface area contributed by atoms with Gasteiger partial charge in [0.2, 0.25) is 12.2 Å². The zero-order valence-electron chi connectivity index (χ0n) is 19.0. The highest BCUT2D eigenvalue weighted by atomic mass is 19.1. The molecule has 2 aromatic carbocycles. The Balaban J connectivity index is 1.96. The third-order valence-corrected chi connectivity index (χ3v) is 5.65. The molecule has 0 bridgehead atoms. The summed E-state index contributed by atoms with van der Waals surface area (Å²) in [6.07, 6.45) is -4.44. The number of benzene rings is 2. The fraction of sp³-hybridized carbons (Fsp3) is 0.458. The summed E-state index contributed by atoms with van der Waals surface area (Å²) in [6.45, 7) is 5.10. The molecule has 9 heteroatoms. The lowest BCUT2D eigenvalue weighted by atomic mass is 9.89. The van der Waals surface area contributed by atoms with Crippen LogP contribution in [0.3, 0.4) is 0 Å². The van der Waals surface area contributed by atoms with Gasteiger partial charge in [-0.25, -0.2) is 4.39 Å². The van der Waals surface area contributed by atoms with Gasteiger partial charge in [-0.15, -0.1) is 0 Å². The van der Waals surface area contributed by atoms with Gasteiger partial charge in [0.25, 0.3) is 0 Å². The third kappa shape index (κ3) is 5.44. The van der Waals surface area contributed by atoms with Gasteiger partial charge in [-0.3, -0.25) is 4.79 Å². The van der Waals surface area contributed by atoms with E-state index >= 15 is 0 Å². The molecule has 1 fully saturated rings. The summed E-state index contributed by atoms with van der Waals surface area (Å²) in [7, 11) is 1.41. The SMILES string of the molecule is CO[C@@H]1[C@@H](O)[C@H](O)C(Oc2ccc(CCNC(C)=O)c(-c3cccc(F)c3)c2O)OC1(C)C. The summed E-state index contributed by atoms with van der Waals surface area (Å²) in [5.74, 6) is -0.962. The topological polar surface area (TPSA) is 117 Å². The number of phenols is 1. The molecule has 1 amide bonds. The van der Waals surface area contributed by atoms with Crippen LogP contribution < -0.4 is 10.1 Å². The Morgan fingerprint density at radius 2 is 1.94 bits per heavy atom. The summed E-state index contributed by atoms with van der Waals surface area (Å²) >= 11 is 0. The van der Waals surface area contributed by atoms with E-state index in [0.717, 1.165) is 0 Å². The van der Waals surface area contributed by atoms with Gasteiger partial charge in [-0.2, -0.15) is 0 Å². The number of methoxy groups -OCH3 is 1. The number of hydrogen-bond acceptors (Lipinski definition) is 7. The molecule has 1 heterocycles. The number of ether oxygens (including phenoxy) is 3. The minimum atomic E-state index is -1.44. The average molecular weight is 464 g/mol. The number of amides is 1. The van der Waals surface area contributed by atoms with Gasteiger partial charge >= 0.3 is 0 Å². The summed E-state index contributed by atoms with van der Waals surface area (Å²) in [5.41, 5.74) is 0.416. The van der Waals surface area contributed by atoms with Crippen molar-refractivity contribution in [2.75, 3.05) is 13.7 Å². The first-order chi connectivity index (χ1) is 15.5. The number of carbonyl (C=O) groups is 1. The third-order valence-electron chi connectivity index (χ3n) is 5.65. The standard InChI is InChI=1S/C24H30FNO7/c1-13(27)26-11-10-14-8-9-17(19(28)18(14)15-6-5-7-16(25)12-15)32-23-21(30)20(29)22(31-4)24(2,3)33-23/h5-9,12,20-23,28-30H,10-11H2,1-4H3,(H,26,27)/t20-,21-,22+,23?/m0/s1. The molecule has 1 aliphatic heterocycles. The molecule has 0 aromatic heterocycles. The Labute approximate surface area is 191 Å². The van der Waals surface area contributed by atoms with E-state index < -0.39 is 36.0 Å². The van der Waals surface area contributed by atoms with E-state index in [1.807, 2.05) is 0 Å². The molecule has 0 saturated carbocycles. The van der Waals surface area contributed by atoms with E-state index in [-0.39, 0.29) is 17.4 Å².